The zero-order valence-electron chi connectivity index (χ0n) is 9.94. The molecule has 0 radical (unpaired) electrons. The number of imide groups is 1. The van der Waals surface area contributed by atoms with Crippen molar-refractivity contribution >= 4 is 51.5 Å². The van der Waals surface area contributed by atoms with Crippen LogP contribution < -0.4 is 5.32 Å². The number of aryl methyl sites for hydroxylation is 1. The van der Waals surface area contributed by atoms with Crippen LogP contribution in [0.2, 0.25) is 5.15 Å². The Morgan fingerprint density at radius 2 is 2.05 bits per heavy atom. The van der Waals surface area contributed by atoms with Gasteiger partial charge in [-0.05, 0) is 23.9 Å². The van der Waals surface area contributed by atoms with Crippen LogP contribution >= 0.6 is 23.4 Å². The molecule has 1 saturated heterocycles. The second kappa shape index (κ2) is 4.43. The Kier molecular flexibility index (Phi) is 2.88. The highest BCUT2D eigenvalue weighted by Gasteiger charge is 2.26. The summed E-state index contributed by atoms with van der Waals surface area (Å²) in [5.41, 5.74) is 1.74. The number of fused-ring (bicyclic) bond motifs is 1. The lowest BCUT2D eigenvalue weighted by molar-refractivity contribution is -0.115. The second-order valence-electron chi connectivity index (χ2n) is 4.13. The topological polar surface area (TPSA) is 51.1 Å². The van der Waals surface area contributed by atoms with Crippen molar-refractivity contribution in [1.29, 1.82) is 0 Å². The molecule has 6 heteroatoms. The van der Waals surface area contributed by atoms with Gasteiger partial charge in [0, 0.05) is 23.5 Å². The lowest BCUT2D eigenvalue weighted by Crippen LogP contribution is -2.17. The highest BCUT2D eigenvalue weighted by Crippen LogP contribution is 2.34. The maximum atomic E-state index is 11.6. The Labute approximate surface area is 118 Å². The molecular formula is C13H9ClN2O2S. The fourth-order valence-electron chi connectivity index (χ4n) is 2.08. The average molecular weight is 293 g/mol. The first kappa shape index (κ1) is 12.3. The van der Waals surface area contributed by atoms with Crippen molar-refractivity contribution in [3.8, 4) is 0 Å². The van der Waals surface area contributed by atoms with Crippen LogP contribution in [0.1, 0.15) is 5.56 Å². The number of aromatic nitrogens is 1. The molecule has 0 bridgehead atoms. The van der Waals surface area contributed by atoms with Gasteiger partial charge in [-0.1, -0.05) is 29.8 Å². The van der Waals surface area contributed by atoms with Crippen molar-refractivity contribution in [2.24, 2.45) is 7.05 Å². The van der Waals surface area contributed by atoms with Gasteiger partial charge in [-0.2, -0.15) is 0 Å². The molecule has 0 spiro atoms. The lowest BCUT2D eigenvalue weighted by atomic mass is 10.1. The van der Waals surface area contributed by atoms with Gasteiger partial charge in [-0.25, -0.2) is 0 Å². The van der Waals surface area contributed by atoms with Gasteiger partial charge in [-0.15, -0.1) is 0 Å². The van der Waals surface area contributed by atoms with Crippen molar-refractivity contribution in [1.82, 2.24) is 9.88 Å². The number of para-hydroxylation sites is 1. The molecule has 1 aliphatic rings. The summed E-state index contributed by atoms with van der Waals surface area (Å²) in [6.45, 7) is 0. The Hall–Kier alpha value is -1.72. The number of hydrogen-bond donors (Lipinski definition) is 1. The molecule has 2 heterocycles. The molecule has 19 heavy (non-hydrogen) atoms. The number of rotatable bonds is 1. The molecule has 1 aliphatic heterocycles. The van der Waals surface area contributed by atoms with Crippen LogP contribution in [0.15, 0.2) is 29.2 Å². The van der Waals surface area contributed by atoms with E-state index < -0.39 is 0 Å². The number of nitrogens with one attached hydrogen (secondary N) is 1. The van der Waals surface area contributed by atoms with Gasteiger partial charge >= 0.3 is 0 Å². The number of nitrogens with zero attached hydrogens (tertiary/aromatic N) is 1. The van der Waals surface area contributed by atoms with E-state index in [-0.39, 0.29) is 11.1 Å². The Bertz CT molecular complexity index is 748. The quantitative estimate of drug-likeness (QED) is 0.822. The maximum Gasteiger partial charge on any atom is 0.290 e. The van der Waals surface area contributed by atoms with Crippen molar-refractivity contribution in [3.05, 3.63) is 39.9 Å². The standard InChI is InChI=1S/C13H9ClN2O2S/c1-16-9-5-3-2-4-7(9)8(11(16)14)6-10-12(17)15-13(18)19-10/h2-6H,1H3,(H,15,17,18). The third-order valence-electron chi connectivity index (χ3n) is 2.99. The van der Waals surface area contributed by atoms with Gasteiger partial charge in [0.2, 0.25) is 0 Å². The number of benzene rings is 1. The van der Waals surface area contributed by atoms with Crippen LogP contribution in [0.4, 0.5) is 4.79 Å². The van der Waals surface area contributed by atoms with E-state index in [1.54, 1.807) is 6.08 Å². The Balaban J connectivity index is 2.21. The van der Waals surface area contributed by atoms with Crippen LogP contribution in [0.5, 0.6) is 0 Å². The van der Waals surface area contributed by atoms with Gasteiger partial charge in [-0.3, -0.25) is 14.9 Å². The predicted octanol–water partition coefficient (Wildman–Crippen LogP) is 3.16. The summed E-state index contributed by atoms with van der Waals surface area (Å²) >= 11 is 7.18. The molecule has 1 aromatic heterocycles. The first-order valence-electron chi connectivity index (χ1n) is 5.55. The van der Waals surface area contributed by atoms with Gasteiger partial charge < -0.3 is 4.57 Å². The first-order valence-corrected chi connectivity index (χ1v) is 6.75. The minimum absolute atomic E-state index is 0.354. The summed E-state index contributed by atoms with van der Waals surface area (Å²) < 4.78 is 1.85. The van der Waals surface area contributed by atoms with E-state index in [0.717, 1.165) is 28.2 Å². The second-order valence-corrected chi connectivity index (χ2v) is 5.51. The summed E-state index contributed by atoms with van der Waals surface area (Å²) in [6.07, 6.45) is 1.66. The molecule has 1 N–H and O–H groups in total. The van der Waals surface area contributed by atoms with E-state index in [1.165, 1.54) is 0 Å². The Morgan fingerprint density at radius 1 is 1.32 bits per heavy atom. The van der Waals surface area contributed by atoms with Crippen molar-refractivity contribution in [3.63, 3.8) is 0 Å². The number of halogens is 1. The SMILES string of the molecule is Cn1c(Cl)c(C=C2SC(=O)NC2=O)c2ccccc21. The molecule has 1 fully saturated rings. The van der Waals surface area contributed by atoms with Crippen LogP contribution in [0.3, 0.4) is 0 Å². The summed E-state index contributed by atoms with van der Waals surface area (Å²) in [6, 6.07) is 7.73. The number of carbonyl (C=O) groups is 2. The van der Waals surface area contributed by atoms with E-state index in [1.807, 2.05) is 35.9 Å². The molecule has 2 amide bonds. The summed E-state index contributed by atoms with van der Waals surface area (Å²) in [7, 11) is 1.86. The molecule has 0 atom stereocenters. The average Bonchev–Trinajstić information content (AvgIpc) is 2.83. The lowest BCUT2D eigenvalue weighted by Gasteiger charge is -1.95. The molecule has 1 aromatic carbocycles. The third-order valence-corrected chi connectivity index (χ3v) is 4.26. The molecule has 2 aromatic rings. The molecule has 3 rings (SSSR count). The summed E-state index contributed by atoms with van der Waals surface area (Å²) in [5, 5.41) is 3.37. The smallest absolute Gasteiger partial charge is 0.290 e. The fourth-order valence-corrected chi connectivity index (χ4v) is 2.99. The van der Waals surface area contributed by atoms with Crippen molar-refractivity contribution in [2.75, 3.05) is 0 Å². The maximum absolute atomic E-state index is 11.6. The minimum Gasteiger partial charge on any atom is -0.334 e. The molecule has 0 aliphatic carbocycles. The number of hydrogen-bond acceptors (Lipinski definition) is 3. The fraction of sp³-hybridized carbons (Fsp3) is 0.0769. The Morgan fingerprint density at radius 3 is 2.74 bits per heavy atom. The summed E-state index contributed by atoms with van der Waals surface area (Å²) in [4.78, 5) is 23.1. The molecule has 0 saturated carbocycles. The van der Waals surface area contributed by atoms with Gasteiger partial charge in [0.05, 0.1) is 4.91 Å². The van der Waals surface area contributed by atoms with E-state index in [2.05, 4.69) is 5.32 Å². The van der Waals surface area contributed by atoms with Gasteiger partial charge in [0.25, 0.3) is 11.1 Å². The molecule has 0 unspecified atom stereocenters. The molecule has 4 nitrogen and oxygen atoms in total. The number of amides is 2. The van der Waals surface area contributed by atoms with E-state index >= 15 is 0 Å². The van der Waals surface area contributed by atoms with E-state index in [0.29, 0.717) is 10.1 Å². The van der Waals surface area contributed by atoms with Gasteiger partial charge in [0.1, 0.15) is 5.15 Å². The van der Waals surface area contributed by atoms with Crippen LogP contribution in [-0.2, 0) is 11.8 Å². The summed E-state index contributed by atoms with van der Waals surface area (Å²) in [5.74, 6) is -0.376. The van der Waals surface area contributed by atoms with E-state index in [4.69, 9.17) is 11.6 Å². The highest BCUT2D eigenvalue weighted by atomic mass is 35.5. The monoisotopic (exact) mass is 292 g/mol. The molecule has 96 valence electrons. The third kappa shape index (κ3) is 1.95. The van der Waals surface area contributed by atoms with Gasteiger partial charge in [0.15, 0.2) is 0 Å². The zero-order chi connectivity index (χ0) is 13.6. The van der Waals surface area contributed by atoms with Crippen molar-refractivity contribution < 1.29 is 9.59 Å². The zero-order valence-corrected chi connectivity index (χ0v) is 11.5. The normalized spacial score (nSPS) is 17.5. The minimum atomic E-state index is -0.376. The first-order chi connectivity index (χ1) is 9.08. The van der Waals surface area contributed by atoms with Crippen LogP contribution in [0, 0.1) is 0 Å². The largest absolute Gasteiger partial charge is 0.334 e. The van der Waals surface area contributed by atoms with Crippen LogP contribution in [-0.4, -0.2) is 15.7 Å². The highest BCUT2D eigenvalue weighted by molar-refractivity contribution is 8.18. The number of carbonyl (C=O) groups excluding carboxylic acids is 2. The predicted molar refractivity (Wildman–Crippen MR) is 77.0 cm³/mol. The number of thioether (sulfide) groups is 1. The van der Waals surface area contributed by atoms with Crippen LogP contribution in [0.25, 0.3) is 17.0 Å². The molecular weight excluding hydrogens is 284 g/mol. The van der Waals surface area contributed by atoms with E-state index in [9.17, 15) is 9.59 Å². The van der Waals surface area contributed by atoms with Crippen molar-refractivity contribution in [2.45, 2.75) is 0 Å².